The Kier molecular flexibility index (Phi) is 6.11. The molecule has 0 aliphatic heterocycles. The lowest BCUT2D eigenvalue weighted by atomic mass is 10.2. The monoisotopic (exact) mass is 357 g/mol. The first-order valence-electron chi connectivity index (χ1n) is 8.23. The molecule has 0 radical (unpaired) electrons. The molecule has 0 aliphatic carbocycles. The number of carbonyl (C=O) groups excluding carboxylic acids is 1. The van der Waals surface area contributed by atoms with Crippen LogP contribution in [0.5, 0.6) is 0 Å². The number of hydrogen-bond donors (Lipinski definition) is 3. The molecule has 0 fully saturated rings. The maximum absolute atomic E-state index is 12.3. The third-order valence-corrected chi connectivity index (χ3v) is 3.69. The number of carbonyl (C=O) groups is 1. The van der Waals surface area contributed by atoms with Gasteiger partial charge in [-0.1, -0.05) is 12.7 Å². The van der Waals surface area contributed by atoms with Gasteiger partial charge < -0.3 is 9.72 Å². The van der Waals surface area contributed by atoms with Gasteiger partial charge in [0.25, 0.3) is 5.56 Å². The van der Waals surface area contributed by atoms with Crippen LogP contribution in [0.3, 0.4) is 0 Å². The number of nitrogens with zero attached hydrogens (tertiary/aromatic N) is 2. The molecule has 0 spiro atoms. The Labute approximate surface area is 151 Å². The first-order valence-corrected chi connectivity index (χ1v) is 8.23. The number of ether oxygens (including phenoxy) is 1. The fourth-order valence-electron chi connectivity index (χ4n) is 2.29. The second-order valence-electron chi connectivity index (χ2n) is 5.77. The van der Waals surface area contributed by atoms with Crippen LogP contribution < -0.4 is 10.9 Å². The molecule has 0 bridgehead atoms. The van der Waals surface area contributed by atoms with Crippen LogP contribution in [-0.2, 0) is 16.0 Å². The van der Waals surface area contributed by atoms with E-state index in [1.165, 1.54) is 0 Å². The molecule has 2 aromatic rings. The van der Waals surface area contributed by atoms with E-state index in [2.05, 4.69) is 31.8 Å². The van der Waals surface area contributed by atoms with Crippen molar-refractivity contribution in [2.75, 3.05) is 11.9 Å². The number of nitrogens with one attached hydrogen (secondary N) is 3. The number of allylic oxidation sites excluding steroid dienone is 2. The van der Waals surface area contributed by atoms with Crippen molar-refractivity contribution < 1.29 is 9.53 Å². The zero-order valence-corrected chi connectivity index (χ0v) is 15.4. The summed E-state index contributed by atoms with van der Waals surface area (Å²) in [7, 11) is 0. The number of aromatic amines is 2. The zero-order chi connectivity index (χ0) is 19.3. The van der Waals surface area contributed by atoms with Crippen LogP contribution in [-0.4, -0.2) is 32.5 Å². The van der Waals surface area contributed by atoms with Gasteiger partial charge in [0.1, 0.15) is 0 Å². The summed E-state index contributed by atoms with van der Waals surface area (Å²) in [5, 5.41) is 2.94. The normalized spacial score (nSPS) is 11.3. The molecule has 8 heteroatoms. The highest BCUT2D eigenvalue weighted by molar-refractivity contribution is 5.72. The fourth-order valence-corrected chi connectivity index (χ4v) is 2.29. The van der Waals surface area contributed by atoms with Crippen LogP contribution in [0.2, 0.25) is 0 Å². The van der Waals surface area contributed by atoms with E-state index < -0.39 is 5.97 Å². The molecule has 26 heavy (non-hydrogen) atoms. The maximum Gasteiger partial charge on any atom is 0.310 e. The van der Waals surface area contributed by atoms with Crippen molar-refractivity contribution in [2.24, 2.45) is 0 Å². The SMILES string of the molecule is C=C/C(C)=C\c1nc(Nc2nc(C)c(CC(=O)OCC)c(=O)[nH]2)[nH]c1C. The van der Waals surface area contributed by atoms with Crippen molar-refractivity contribution in [1.29, 1.82) is 0 Å². The molecular formula is C18H23N5O3. The van der Waals surface area contributed by atoms with Crippen LogP contribution in [0.25, 0.3) is 6.08 Å². The molecule has 0 unspecified atom stereocenters. The van der Waals surface area contributed by atoms with E-state index >= 15 is 0 Å². The largest absolute Gasteiger partial charge is 0.466 e. The van der Waals surface area contributed by atoms with E-state index in [4.69, 9.17) is 4.74 Å². The van der Waals surface area contributed by atoms with Crippen LogP contribution >= 0.6 is 0 Å². The van der Waals surface area contributed by atoms with Crippen molar-refractivity contribution in [2.45, 2.75) is 34.1 Å². The number of H-pyrrole nitrogens is 2. The van der Waals surface area contributed by atoms with Crippen molar-refractivity contribution in [3.05, 3.63) is 51.2 Å². The summed E-state index contributed by atoms with van der Waals surface area (Å²) < 4.78 is 4.88. The van der Waals surface area contributed by atoms with E-state index in [0.717, 1.165) is 17.0 Å². The van der Waals surface area contributed by atoms with Gasteiger partial charge in [0, 0.05) is 11.3 Å². The van der Waals surface area contributed by atoms with Gasteiger partial charge in [-0.25, -0.2) is 9.97 Å². The van der Waals surface area contributed by atoms with Crippen molar-refractivity contribution >= 4 is 23.9 Å². The predicted molar refractivity (Wildman–Crippen MR) is 100 cm³/mol. The lowest BCUT2D eigenvalue weighted by molar-refractivity contribution is -0.142. The summed E-state index contributed by atoms with van der Waals surface area (Å²) in [6.45, 7) is 11.2. The van der Waals surface area contributed by atoms with Gasteiger partial charge in [0.2, 0.25) is 11.9 Å². The summed E-state index contributed by atoms with van der Waals surface area (Å²) in [5.74, 6) is 0.232. The summed E-state index contributed by atoms with van der Waals surface area (Å²) >= 11 is 0. The average molecular weight is 357 g/mol. The smallest absolute Gasteiger partial charge is 0.310 e. The van der Waals surface area contributed by atoms with Crippen molar-refractivity contribution in [3.8, 4) is 0 Å². The molecule has 8 nitrogen and oxygen atoms in total. The summed E-state index contributed by atoms with van der Waals surface area (Å²) in [6.07, 6.45) is 3.53. The summed E-state index contributed by atoms with van der Waals surface area (Å²) in [6, 6.07) is 0. The van der Waals surface area contributed by atoms with E-state index in [9.17, 15) is 9.59 Å². The molecule has 2 rings (SSSR count). The third-order valence-electron chi connectivity index (χ3n) is 3.69. The van der Waals surface area contributed by atoms with E-state index in [1.54, 1.807) is 19.9 Å². The van der Waals surface area contributed by atoms with Crippen LogP contribution in [0, 0.1) is 13.8 Å². The first kappa shape index (κ1) is 19.2. The van der Waals surface area contributed by atoms with Gasteiger partial charge >= 0.3 is 5.97 Å². The number of imidazole rings is 1. The Balaban J connectivity index is 2.23. The Morgan fingerprint density at radius 1 is 1.27 bits per heavy atom. The quantitative estimate of drug-likeness (QED) is 0.518. The van der Waals surface area contributed by atoms with Crippen LogP contribution in [0.1, 0.15) is 36.5 Å². The zero-order valence-electron chi connectivity index (χ0n) is 15.4. The number of esters is 1. The molecule has 0 aromatic carbocycles. The Morgan fingerprint density at radius 2 is 1.96 bits per heavy atom. The van der Waals surface area contributed by atoms with E-state index in [-0.39, 0.29) is 30.1 Å². The molecule has 138 valence electrons. The summed E-state index contributed by atoms with van der Waals surface area (Å²) in [4.78, 5) is 38.3. The fraction of sp³-hybridized carbons (Fsp3) is 0.333. The minimum atomic E-state index is -0.459. The molecule has 2 aromatic heterocycles. The molecule has 0 amide bonds. The third kappa shape index (κ3) is 4.69. The van der Waals surface area contributed by atoms with Crippen molar-refractivity contribution in [1.82, 2.24) is 19.9 Å². The highest BCUT2D eigenvalue weighted by atomic mass is 16.5. The van der Waals surface area contributed by atoms with E-state index in [0.29, 0.717) is 11.6 Å². The van der Waals surface area contributed by atoms with Gasteiger partial charge in [-0.05, 0) is 39.3 Å². The van der Waals surface area contributed by atoms with Gasteiger partial charge in [0.15, 0.2) is 0 Å². The number of anilines is 2. The molecule has 0 aliphatic rings. The molecule has 0 saturated carbocycles. The molecule has 2 heterocycles. The lowest BCUT2D eigenvalue weighted by Gasteiger charge is -2.07. The second-order valence-corrected chi connectivity index (χ2v) is 5.77. The standard InChI is InChI=1S/C18H23N5O3/c1-6-10(3)8-14-12(5)20-17(21-14)23-18-19-11(4)13(16(25)22-18)9-15(24)26-7-2/h6,8H,1,7,9H2,2-5H3,(H3,19,20,21,22,23,25)/b10-8-. The number of rotatable bonds is 7. The van der Waals surface area contributed by atoms with Crippen LogP contribution in [0.15, 0.2) is 23.0 Å². The minimum Gasteiger partial charge on any atom is -0.466 e. The lowest BCUT2D eigenvalue weighted by Crippen LogP contribution is -2.22. The van der Waals surface area contributed by atoms with Gasteiger partial charge in [0.05, 0.1) is 24.4 Å². The minimum absolute atomic E-state index is 0.113. The highest BCUT2D eigenvalue weighted by Crippen LogP contribution is 2.16. The highest BCUT2D eigenvalue weighted by Gasteiger charge is 2.14. The van der Waals surface area contributed by atoms with Gasteiger partial charge in [-0.15, -0.1) is 0 Å². The Morgan fingerprint density at radius 3 is 2.58 bits per heavy atom. The predicted octanol–water partition coefficient (Wildman–Crippen LogP) is 2.55. The van der Waals surface area contributed by atoms with E-state index in [1.807, 2.05) is 19.9 Å². The second kappa shape index (κ2) is 8.28. The summed E-state index contributed by atoms with van der Waals surface area (Å²) in [5.41, 5.74) is 2.97. The number of hydrogen-bond acceptors (Lipinski definition) is 6. The average Bonchev–Trinajstić information content (AvgIpc) is 2.90. The van der Waals surface area contributed by atoms with Crippen LogP contribution in [0.4, 0.5) is 11.9 Å². The Bertz CT molecular complexity index is 908. The number of aryl methyl sites for hydroxylation is 2. The molecule has 3 N–H and O–H groups in total. The number of aromatic nitrogens is 4. The molecular weight excluding hydrogens is 334 g/mol. The van der Waals surface area contributed by atoms with Crippen molar-refractivity contribution in [3.63, 3.8) is 0 Å². The molecule has 0 saturated heterocycles. The topological polar surface area (TPSA) is 113 Å². The van der Waals surface area contributed by atoms with Gasteiger partial charge in [-0.2, -0.15) is 0 Å². The first-order chi connectivity index (χ1) is 12.3. The maximum atomic E-state index is 12.3. The molecule has 0 atom stereocenters. The Hall–Kier alpha value is -3.16. The van der Waals surface area contributed by atoms with Gasteiger partial charge in [-0.3, -0.25) is 19.9 Å².